The number of pyridine rings is 1. The Bertz CT molecular complexity index is 250. The fraction of sp³-hybridized carbons (Fsp3) is 0.444. The minimum atomic E-state index is -0.194. The molecular weight excluding hydrogens is 152 g/mol. The van der Waals surface area contributed by atoms with Crippen LogP contribution in [-0.4, -0.2) is 29.3 Å². The Kier molecular flexibility index (Phi) is 1.96. The minimum absolute atomic E-state index is 0.194. The number of rotatable bonds is 1. The highest BCUT2D eigenvalue weighted by Gasteiger charge is 2.20. The highest BCUT2D eigenvalue weighted by atomic mass is 16.3. The Balaban J connectivity index is 2.11. The quantitative estimate of drug-likeness (QED) is 0.653. The standard InChI is InChI=1S/C9H11N2O/c12-8-4-6-11(7-8)9-3-1-2-5-10-9/h1-2,5,8,12H,4,6-7H2. The molecule has 1 atom stereocenters. The molecule has 0 aromatic carbocycles. The Morgan fingerprint density at radius 1 is 1.67 bits per heavy atom. The zero-order chi connectivity index (χ0) is 8.39. The van der Waals surface area contributed by atoms with Crippen molar-refractivity contribution in [1.29, 1.82) is 0 Å². The summed E-state index contributed by atoms with van der Waals surface area (Å²) in [6, 6.07) is 6.72. The second kappa shape index (κ2) is 3.11. The number of anilines is 1. The largest absolute Gasteiger partial charge is 0.391 e. The molecule has 0 aliphatic carbocycles. The maximum Gasteiger partial charge on any atom is 0.136 e. The van der Waals surface area contributed by atoms with Gasteiger partial charge in [-0.3, -0.25) is 0 Å². The number of aliphatic hydroxyl groups excluding tert-OH is 1. The summed E-state index contributed by atoms with van der Waals surface area (Å²) >= 11 is 0. The SMILES string of the molecule is OC1CCN(c2[c]cccn2)C1. The van der Waals surface area contributed by atoms with E-state index in [2.05, 4.69) is 11.1 Å². The van der Waals surface area contributed by atoms with Gasteiger partial charge in [0.05, 0.1) is 6.10 Å². The fourth-order valence-corrected chi connectivity index (χ4v) is 1.42. The fourth-order valence-electron chi connectivity index (χ4n) is 1.42. The van der Waals surface area contributed by atoms with E-state index in [-0.39, 0.29) is 6.10 Å². The highest BCUT2D eigenvalue weighted by molar-refractivity contribution is 5.37. The second-order valence-electron chi connectivity index (χ2n) is 2.99. The van der Waals surface area contributed by atoms with Crippen LogP contribution in [0.25, 0.3) is 0 Å². The summed E-state index contributed by atoms with van der Waals surface area (Å²) < 4.78 is 0. The van der Waals surface area contributed by atoms with Crippen molar-refractivity contribution in [2.24, 2.45) is 0 Å². The van der Waals surface area contributed by atoms with Crippen LogP contribution in [0.3, 0.4) is 0 Å². The molecule has 1 aliphatic heterocycles. The lowest BCUT2D eigenvalue weighted by Gasteiger charge is -2.15. The Morgan fingerprint density at radius 2 is 2.58 bits per heavy atom. The van der Waals surface area contributed by atoms with Gasteiger partial charge >= 0.3 is 0 Å². The van der Waals surface area contributed by atoms with Crippen LogP contribution in [0.4, 0.5) is 5.82 Å². The van der Waals surface area contributed by atoms with Gasteiger partial charge in [0.15, 0.2) is 0 Å². The van der Waals surface area contributed by atoms with E-state index in [1.54, 1.807) is 6.20 Å². The van der Waals surface area contributed by atoms with Gasteiger partial charge in [-0.2, -0.15) is 0 Å². The summed E-state index contributed by atoms with van der Waals surface area (Å²) in [6.45, 7) is 1.57. The van der Waals surface area contributed by atoms with Gasteiger partial charge in [0.25, 0.3) is 0 Å². The summed E-state index contributed by atoms with van der Waals surface area (Å²) in [7, 11) is 0. The molecule has 1 saturated heterocycles. The molecule has 3 heteroatoms. The molecule has 1 aromatic rings. The minimum Gasteiger partial charge on any atom is -0.391 e. The Hall–Kier alpha value is -1.09. The number of nitrogens with zero attached hydrogens (tertiary/aromatic N) is 2. The summed E-state index contributed by atoms with van der Waals surface area (Å²) in [5, 5.41) is 9.28. The smallest absolute Gasteiger partial charge is 0.136 e. The van der Waals surface area contributed by atoms with E-state index < -0.39 is 0 Å². The molecule has 2 rings (SSSR count). The first kappa shape index (κ1) is 7.55. The van der Waals surface area contributed by atoms with E-state index in [4.69, 9.17) is 0 Å². The van der Waals surface area contributed by atoms with Crippen molar-refractivity contribution in [3.05, 3.63) is 24.4 Å². The highest BCUT2D eigenvalue weighted by Crippen LogP contribution is 2.16. The molecule has 1 aliphatic rings. The maximum absolute atomic E-state index is 9.28. The molecule has 3 nitrogen and oxygen atoms in total. The van der Waals surface area contributed by atoms with Gasteiger partial charge in [-0.25, -0.2) is 4.98 Å². The Morgan fingerprint density at radius 3 is 3.17 bits per heavy atom. The average molecular weight is 163 g/mol. The van der Waals surface area contributed by atoms with Crippen LogP contribution in [0.15, 0.2) is 18.3 Å². The number of aromatic nitrogens is 1. The van der Waals surface area contributed by atoms with Crippen molar-refractivity contribution in [2.45, 2.75) is 12.5 Å². The third kappa shape index (κ3) is 1.41. The van der Waals surface area contributed by atoms with Crippen LogP contribution in [0.1, 0.15) is 6.42 Å². The zero-order valence-electron chi connectivity index (χ0n) is 6.77. The molecule has 1 radical (unpaired) electrons. The first-order valence-corrected chi connectivity index (χ1v) is 4.12. The topological polar surface area (TPSA) is 36.4 Å². The van der Waals surface area contributed by atoms with Crippen molar-refractivity contribution in [3.63, 3.8) is 0 Å². The van der Waals surface area contributed by atoms with E-state index in [1.807, 2.05) is 17.0 Å². The van der Waals surface area contributed by atoms with Gasteiger partial charge in [-0.1, -0.05) is 0 Å². The first-order valence-electron chi connectivity index (χ1n) is 4.12. The second-order valence-corrected chi connectivity index (χ2v) is 2.99. The number of β-amino-alcohol motifs (C(OH)–C–C–N with tert-alkyl or cyclic N) is 1. The van der Waals surface area contributed by atoms with Crippen molar-refractivity contribution in [1.82, 2.24) is 4.98 Å². The lowest BCUT2D eigenvalue weighted by atomic mass is 10.3. The summed E-state index contributed by atoms with van der Waals surface area (Å²) in [5.74, 6) is 0.842. The molecule has 1 N–H and O–H groups in total. The predicted molar refractivity (Wildman–Crippen MR) is 45.9 cm³/mol. The van der Waals surface area contributed by atoms with Gasteiger partial charge in [0.2, 0.25) is 0 Å². The molecule has 2 heterocycles. The zero-order valence-corrected chi connectivity index (χ0v) is 6.77. The normalized spacial score (nSPS) is 23.1. The predicted octanol–water partition coefficient (Wildman–Crippen LogP) is 0.453. The molecule has 0 bridgehead atoms. The molecule has 12 heavy (non-hydrogen) atoms. The molecule has 1 aromatic heterocycles. The van der Waals surface area contributed by atoms with Crippen molar-refractivity contribution < 1.29 is 5.11 Å². The van der Waals surface area contributed by atoms with Gasteiger partial charge in [0, 0.05) is 25.4 Å². The van der Waals surface area contributed by atoms with Gasteiger partial charge in [-0.05, 0) is 18.6 Å². The maximum atomic E-state index is 9.28. The number of hydrogen-bond donors (Lipinski definition) is 1. The molecule has 0 spiro atoms. The third-order valence-electron chi connectivity index (χ3n) is 2.05. The number of aliphatic hydroxyl groups is 1. The lowest BCUT2D eigenvalue weighted by Crippen LogP contribution is -2.21. The van der Waals surface area contributed by atoms with Crippen molar-refractivity contribution >= 4 is 5.82 Å². The van der Waals surface area contributed by atoms with Crippen LogP contribution in [0.2, 0.25) is 0 Å². The first-order chi connectivity index (χ1) is 5.86. The lowest BCUT2D eigenvalue weighted by molar-refractivity contribution is 0.198. The molecule has 1 fully saturated rings. The Labute approximate surface area is 71.7 Å². The summed E-state index contributed by atoms with van der Waals surface area (Å²) in [6.07, 6.45) is 2.39. The molecule has 1 unspecified atom stereocenters. The van der Waals surface area contributed by atoms with Crippen LogP contribution in [0, 0.1) is 6.07 Å². The number of hydrogen-bond acceptors (Lipinski definition) is 3. The van der Waals surface area contributed by atoms with Crippen LogP contribution in [-0.2, 0) is 0 Å². The summed E-state index contributed by atoms with van der Waals surface area (Å²) in [5.41, 5.74) is 0. The molecule has 63 valence electrons. The van der Waals surface area contributed by atoms with E-state index in [0.717, 1.165) is 18.8 Å². The van der Waals surface area contributed by atoms with E-state index in [1.165, 1.54) is 0 Å². The van der Waals surface area contributed by atoms with Gasteiger partial charge < -0.3 is 10.0 Å². The van der Waals surface area contributed by atoms with Crippen LogP contribution >= 0.6 is 0 Å². The van der Waals surface area contributed by atoms with Crippen molar-refractivity contribution in [3.8, 4) is 0 Å². The van der Waals surface area contributed by atoms with Crippen LogP contribution < -0.4 is 4.90 Å². The van der Waals surface area contributed by atoms with Crippen molar-refractivity contribution in [2.75, 3.05) is 18.0 Å². The van der Waals surface area contributed by atoms with Gasteiger partial charge in [0.1, 0.15) is 5.82 Å². The average Bonchev–Trinajstić information content (AvgIpc) is 2.54. The summed E-state index contributed by atoms with van der Waals surface area (Å²) in [4.78, 5) is 6.20. The van der Waals surface area contributed by atoms with E-state index in [9.17, 15) is 5.11 Å². The van der Waals surface area contributed by atoms with E-state index in [0.29, 0.717) is 6.54 Å². The molecular formula is C9H11N2O. The monoisotopic (exact) mass is 163 g/mol. The molecule has 0 amide bonds. The van der Waals surface area contributed by atoms with Gasteiger partial charge in [-0.15, -0.1) is 0 Å². The molecule has 0 saturated carbocycles. The van der Waals surface area contributed by atoms with Crippen LogP contribution in [0.5, 0.6) is 0 Å². The third-order valence-corrected chi connectivity index (χ3v) is 2.05. The van der Waals surface area contributed by atoms with E-state index >= 15 is 0 Å².